The van der Waals surface area contributed by atoms with Crippen LogP contribution >= 0.6 is 0 Å². The SMILES string of the molecule is CC(C(=O)O)C1CN(C(=O)c2cccc3nccnc23)C1. The van der Waals surface area contributed by atoms with Crippen molar-refractivity contribution >= 4 is 22.9 Å². The van der Waals surface area contributed by atoms with Crippen LogP contribution in [0.5, 0.6) is 0 Å². The number of carbonyl (C=O) groups is 2. The number of para-hydroxylation sites is 1. The van der Waals surface area contributed by atoms with Gasteiger partial charge in [0.25, 0.3) is 5.91 Å². The Labute approximate surface area is 121 Å². The van der Waals surface area contributed by atoms with Gasteiger partial charge in [0.1, 0.15) is 5.52 Å². The highest BCUT2D eigenvalue weighted by atomic mass is 16.4. The van der Waals surface area contributed by atoms with Crippen LogP contribution < -0.4 is 0 Å². The smallest absolute Gasteiger partial charge is 0.306 e. The quantitative estimate of drug-likeness (QED) is 0.922. The minimum Gasteiger partial charge on any atom is -0.481 e. The number of fused-ring (bicyclic) bond motifs is 1. The molecule has 3 rings (SSSR count). The van der Waals surface area contributed by atoms with E-state index in [-0.39, 0.29) is 11.8 Å². The summed E-state index contributed by atoms with van der Waals surface area (Å²) >= 11 is 0. The van der Waals surface area contributed by atoms with Crippen LogP contribution in [0.3, 0.4) is 0 Å². The van der Waals surface area contributed by atoms with Crippen LogP contribution in [-0.2, 0) is 4.79 Å². The summed E-state index contributed by atoms with van der Waals surface area (Å²) in [5, 5.41) is 8.98. The highest BCUT2D eigenvalue weighted by Crippen LogP contribution is 2.27. The van der Waals surface area contributed by atoms with E-state index >= 15 is 0 Å². The van der Waals surface area contributed by atoms with Crippen LogP contribution in [0.15, 0.2) is 30.6 Å². The molecule has 1 amide bonds. The molecule has 1 aromatic heterocycles. The van der Waals surface area contributed by atoms with Gasteiger partial charge in [-0.3, -0.25) is 19.6 Å². The average molecular weight is 285 g/mol. The van der Waals surface area contributed by atoms with Crippen LogP contribution in [0.2, 0.25) is 0 Å². The molecule has 1 atom stereocenters. The van der Waals surface area contributed by atoms with Crippen molar-refractivity contribution in [1.82, 2.24) is 14.9 Å². The lowest BCUT2D eigenvalue weighted by Crippen LogP contribution is -2.53. The Morgan fingerprint density at radius 2 is 2.00 bits per heavy atom. The molecule has 1 N–H and O–H groups in total. The second-order valence-corrected chi connectivity index (χ2v) is 5.33. The minimum absolute atomic E-state index is 0.0208. The van der Waals surface area contributed by atoms with Gasteiger partial charge in [0, 0.05) is 31.4 Å². The van der Waals surface area contributed by atoms with Crippen molar-refractivity contribution in [3.63, 3.8) is 0 Å². The van der Waals surface area contributed by atoms with E-state index in [9.17, 15) is 9.59 Å². The molecule has 108 valence electrons. The van der Waals surface area contributed by atoms with Gasteiger partial charge in [-0.2, -0.15) is 0 Å². The van der Waals surface area contributed by atoms with Crippen molar-refractivity contribution in [1.29, 1.82) is 0 Å². The Hall–Kier alpha value is -2.50. The molecule has 0 spiro atoms. The van der Waals surface area contributed by atoms with E-state index in [1.807, 2.05) is 6.07 Å². The van der Waals surface area contributed by atoms with Crippen LogP contribution in [-0.4, -0.2) is 44.9 Å². The molecule has 1 aromatic carbocycles. The van der Waals surface area contributed by atoms with E-state index in [4.69, 9.17) is 5.11 Å². The molecule has 1 aliphatic rings. The van der Waals surface area contributed by atoms with Crippen molar-refractivity contribution < 1.29 is 14.7 Å². The van der Waals surface area contributed by atoms with Gasteiger partial charge in [0.15, 0.2) is 0 Å². The molecule has 1 saturated heterocycles. The molecule has 21 heavy (non-hydrogen) atoms. The first-order valence-corrected chi connectivity index (χ1v) is 6.79. The fourth-order valence-electron chi connectivity index (χ4n) is 2.53. The lowest BCUT2D eigenvalue weighted by Gasteiger charge is -2.41. The first-order valence-electron chi connectivity index (χ1n) is 6.79. The van der Waals surface area contributed by atoms with Crippen LogP contribution in [0.4, 0.5) is 0 Å². The summed E-state index contributed by atoms with van der Waals surface area (Å²) in [6.45, 7) is 2.63. The van der Waals surface area contributed by atoms with Gasteiger partial charge in [-0.25, -0.2) is 0 Å². The molecule has 2 aromatic rings. The van der Waals surface area contributed by atoms with Crippen molar-refractivity contribution in [2.45, 2.75) is 6.92 Å². The van der Waals surface area contributed by atoms with Gasteiger partial charge < -0.3 is 10.0 Å². The summed E-state index contributed by atoms with van der Waals surface area (Å²) in [6.07, 6.45) is 3.15. The zero-order valence-electron chi connectivity index (χ0n) is 11.6. The van der Waals surface area contributed by atoms with Crippen molar-refractivity contribution in [2.24, 2.45) is 11.8 Å². The Morgan fingerprint density at radius 1 is 1.29 bits per heavy atom. The van der Waals surface area contributed by atoms with E-state index in [1.54, 1.807) is 36.4 Å². The Kier molecular flexibility index (Phi) is 3.29. The van der Waals surface area contributed by atoms with Crippen molar-refractivity contribution in [3.05, 3.63) is 36.2 Å². The van der Waals surface area contributed by atoms with E-state index in [0.29, 0.717) is 29.7 Å². The molecule has 0 aliphatic carbocycles. The monoisotopic (exact) mass is 285 g/mol. The van der Waals surface area contributed by atoms with Crippen LogP contribution in [0.25, 0.3) is 11.0 Å². The predicted molar refractivity (Wildman–Crippen MR) is 75.7 cm³/mol. The summed E-state index contributed by atoms with van der Waals surface area (Å²) in [7, 11) is 0. The number of aliphatic carboxylic acids is 1. The third-order valence-electron chi connectivity index (χ3n) is 4.02. The third kappa shape index (κ3) is 2.33. The fourth-order valence-corrected chi connectivity index (χ4v) is 2.53. The number of amides is 1. The number of aromatic nitrogens is 2. The summed E-state index contributed by atoms with van der Waals surface area (Å²) in [5.41, 5.74) is 1.78. The van der Waals surface area contributed by atoms with Crippen molar-refractivity contribution in [3.8, 4) is 0 Å². The first-order chi connectivity index (χ1) is 10.1. The van der Waals surface area contributed by atoms with E-state index in [0.717, 1.165) is 0 Å². The molecule has 2 heterocycles. The maximum atomic E-state index is 12.5. The molecule has 0 saturated carbocycles. The largest absolute Gasteiger partial charge is 0.481 e. The fraction of sp³-hybridized carbons (Fsp3) is 0.333. The van der Waals surface area contributed by atoms with E-state index in [2.05, 4.69) is 9.97 Å². The standard InChI is InChI=1S/C15H15N3O3/c1-9(15(20)21)10-7-18(8-10)14(19)11-3-2-4-12-13(11)17-6-5-16-12/h2-6,9-10H,7-8H2,1H3,(H,20,21). The zero-order valence-corrected chi connectivity index (χ0v) is 11.6. The molecule has 0 bridgehead atoms. The van der Waals surface area contributed by atoms with Gasteiger partial charge in [0.05, 0.1) is 17.0 Å². The number of hydrogen-bond donors (Lipinski definition) is 1. The highest BCUT2D eigenvalue weighted by molar-refractivity contribution is 6.04. The lowest BCUT2D eigenvalue weighted by atomic mass is 9.86. The summed E-state index contributed by atoms with van der Waals surface area (Å²) in [5.74, 6) is -1.34. The summed E-state index contributed by atoms with van der Waals surface area (Å²) < 4.78 is 0. The maximum Gasteiger partial charge on any atom is 0.306 e. The normalized spacial score (nSPS) is 16.5. The summed E-state index contributed by atoms with van der Waals surface area (Å²) in [4.78, 5) is 33.5. The van der Waals surface area contributed by atoms with Crippen LogP contribution in [0, 0.1) is 11.8 Å². The average Bonchev–Trinajstić information content (AvgIpc) is 2.44. The number of carboxylic acid groups (broad SMARTS) is 1. The highest BCUT2D eigenvalue weighted by Gasteiger charge is 2.37. The second-order valence-electron chi connectivity index (χ2n) is 5.33. The number of carbonyl (C=O) groups excluding carboxylic acids is 1. The molecular weight excluding hydrogens is 270 g/mol. The number of carboxylic acids is 1. The summed E-state index contributed by atoms with van der Waals surface area (Å²) in [6, 6.07) is 5.32. The molecular formula is C15H15N3O3. The van der Waals surface area contributed by atoms with E-state index in [1.165, 1.54) is 0 Å². The van der Waals surface area contributed by atoms with Crippen LogP contribution in [0.1, 0.15) is 17.3 Å². The zero-order chi connectivity index (χ0) is 15.0. The van der Waals surface area contributed by atoms with Gasteiger partial charge in [-0.1, -0.05) is 13.0 Å². The molecule has 6 nitrogen and oxygen atoms in total. The molecule has 0 radical (unpaired) electrons. The van der Waals surface area contributed by atoms with Gasteiger partial charge >= 0.3 is 5.97 Å². The Morgan fingerprint density at radius 3 is 2.71 bits per heavy atom. The van der Waals surface area contributed by atoms with Gasteiger partial charge in [0.2, 0.25) is 0 Å². The topological polar surface area (TPSA) is 83.4 Å². The molecule has 1 unspecified atom stereocenters. The number of rotatable bonds is 3. The number of benzene rings is 1. The van der Waals surface area contributed by atoms with E-state index < -0.39 is 11.9 Å². The maximum absolute atomic E-state index is 12.5. The lowest BCUT2D eigenvalue weighted by molar-refractivity contribution is -0.144. The number of nitrogens with zero attached hydrogens (tertiary/aromatic N) is 3. The van der Waals surface area contributed by atoms with Crippen molar-refractivity contribution in [2.75, 3.05) is 13.1 Å². The number of hydrogen-bond acceptors (Lipinski definition) is 4. The minimum atomic E-state index is -0.817. The molecule has 1 aliphatic heterocycles. The molecule has 1 fully saturated rings. The van der Waals surface area contributed by atoms with Gasteiger partial charge in [-0.15, -0.1) is 0 Å². The third-order valence-corrected chi connectivity index (χ3v) is 4.02. The Bertz CT molecular complexity index is 705. The van der Waals surface area contributed by atoms with Gasteiger partial charge in [-0.05, 0) is 12.1 Å². The number of likely N-dealkylation sites (tertiary alicyclic amines) is 1. The second kappa shape index (κ2) is 5.12. The molecule has 6 heteroatoms. The first kappa shape index (κ1) is 13.5. The predicted octanol–water partition coefficient (Wildman–Crippen LogP) is 1.42. The Balaban J connectivity index is 1.79.